The van der Waals surface area contributed by atoms with E-state index in [0.717, 1.165) is 25.2 Å². The first-order valence-electron chi connectivity index (χ1n) is 5.74. The second-order valence-corrected chi connectivity index (χ2v) is 4.83. The van der Waals surface area contributed by atoms with Gasteiger partial charge in [0.1, 0.15) is 0 Å². The summed E-state index contributed by atoms with van der Waals surface area (Å²) in [5, 5.41) is 3.98. The Hall–Kier alpha value is -0.900. The topological polar surface area (TPSA) is 64.9 Å². The lowest BCUT2D eigenvalue weighted by molar-refractivity contribution is 0.341. The van der Waals surface area contributed by atoms with E-state index in [1.165, 1.54) is 12.8 Å². The van der Waals surface area contributed by atoms with Crippen molar-refractivity contribution in [3.8, 4) is 0 Å². The molecule has 1 atom stereocenters. The molecule has 84 valence electrons. The van der Waals surface area contributed by atoms with Crippen LogP contribution >= 0.6 is 0 Å². The van der Waals surface area contributed by atoms with Crippen molar-refractivity contribution in [1.82, 2.24) is 10.1 Å². The molecule has 0 spiro atoms. The van der Waals surface area contributed by atoms with Crippen molar-refractivity contribution >= 4 is 0 Å². The van der Waals surface area contributed by atoms with Crippen molar-refractivity contribution in [1.29, 1.82) is 0 Å². The van der Waals surface area contributed by atoms with Gasteiger partial charge in [0.15, 0.2) is 5.82 Å². The summed E-state index contributed by atoms with van der Waals surface area (Å²) < 4.78 is 5.15. The molecule has 0 aromatic carbocycles. The Morgan fingerprint density at radius 1 is 1.53 bits per heavy atom. The zero-order valence-electron chi connectivity index (χ0n) is 9.49. The predicted octanol–water partition coefficient (Wildman–Crippen LogP) is 2.00. The molecule has 1 aromatic rings. The van der Waals surface area contributed by atoms with E-state index in [0.29, 0.717) is 11.7 Å². The number of aromatic nitrogens is 2. The Bertz CT molecular complexity index is 328. The van der Waals surface area contributed by atoms with Crippen LogP contribution in [0.5, 0.6) is 0 Å². The van der Waals surface area contributed by atoms with Crippen molar-refractivity contribution < 1.29 is 4.52 Å². The summed E-state index contributed by atoms with van der Waals surface area (Å²) in [6.45, 7) is 4.08. The van der Waals surface area contributed by atoms with Gasteiger partial charge in [0, 0.05) is 6.42 Å². The number of nitrogens with two attached hydrogens (primary N) is 1. The minimum absolute atomic E-state index is 0.420. The Balaban J connectivity index is 2.05. The summed E-state index contributed by atoms with van der Waals surface area (Å²) in [7, 11) is 0. The minimum Gasteiger partial charge on any atom is -0.339 e. The van der Waals surface area contributed by atoms with Gasteiger partial charge >= 0.3 is 0 Å². The maximum Gasteiger partial charge on any atom is 0.226 e. The first kappa shape index (κ1) is 10.6. The van der Waals surface area contributed by atoms with E-state index >= 15 is 0 Å². The fourth-order valence-electron chi connectivity index (χ4n) is 1.82. The summed E-state index contributed by atoms with van der Waals surface area (Å²) in [6, 6.07) is 0. The van der Waals surface area contributed by atoms with Gasteiger partial charge < -0.3 is 10.3 Å². The van der Waals surface area contributed by atoms with E-state index in [1.54, 1.807) is 0 Å². The normalized spacial score (nSPS) is 20.2. The maximum atomic E-state index is 6.20. The molecule has 4 nitrogen and oxygen atoms in total. The fourth-order valence-corrected chi connectivity index (χ4v) is 1.82. The molecule has 1 unspecified atom stereocenters. The van der Waals surface area contributed by atoms with Crippen LogP contribution in [0.4, 0.5) is 0 Å². The summed E-state index contributed by atoms with van der Waals surface area (Å²) >= 11 is 0. The van der Waals surface area contributed by atoms with Crippen molar-refractivity contribution in [3.05, 3.63) is 11.7 Å². The van der Waals surface area contributed by atoms with Gasteiger partial charge in [0.05, 0.1) is 5.54 Å². The monoisotopic (exact) mass is 209 g/mol. The molecular weight excluding hydrogens is 190 g/mol. The number of aryl methyl sites for hydroxylation is 1. The lowest BCUT2D eigenvalue weighted by Crippen LogP contribution is -2.34. The van der Waals surface area contributed by atoms with Gasteiger partial charge in [0.25, 0.3) is 0 Å². The number of hydrogen-bond acceptors (Lipinski definition) is 4. The van der Waals surface area contributed by atoms with Gasteiger partial charge in [-0.15, -0.1) is 0 Å². The van der Waals surface area contributed by atoms with Gasteiger partial charge in [0.2, 0.25) is 5.89 Å². The first-order valence-corrected chi connectivity index (χ1v) is 5.74. The first-order chi connectivity index (χ1) is 7.12. The van der Waals surface area contributed by atoms with Crippen LogP contribution < -0.4 is 5.73 Å². The third-order valence-corrected chi connectivity index (χ3v) is 2.85. The zero-order valence-corrected chi connectivity index (χ0v) is 9.49. The minimum atomic E-state index is -0.420. The smallest absolute Gasteiger partial charge is 0.226 e. The lowest BCUT2D eigenvalue weighted by atomic mass is 9.95. The highest BCUT2D eigenvalue weighted by Crippen LogP contribution is 2.38. The van der Waals surface area contributed by atoms with Gasteiger partial charge in [-0.25, -0.2) is 0 Å². The molecule has 15 heavy (non-hydrogen) atoms. The van der Waals surface area contributed by atoms with Crippen LogP contribution in [0.15, 0.2) is 4.52 Å². The molecule has 2 N–H and O–H groups in total. The third-order valence-electron chi connectivity index (χ3n) is 2.85. The molecule has 1 heterocycles. The van der Waals surface area contributed by atoms with Crippen LogP contribution in [0, 0.1) is 5.92 Å². The Kier molecular flexibility index (Phi) is 2.78. The van der Waals surface area contributed by atoms with Gasteiger partial charge in [-0.1, -0.05) is 24.9 Å². The Morgan fingerprint density at radius 3 is 2.87 bits per heavy atom. The van der Waals surface area contributed by atoms with Crippen LogP contribution in [-0.2, 0) is 12.0 Å². The van der Waals surface area contributed by atoms with E-state index in [9.17, 15) is 0 Å². The second-order valence-electron chi connectivity index (χ2n) is 4.83. The molecule has 1 aromatic heterocycles. The summed E-state index contributed by atoms with van der Waals surface area (Å²) in [4.78, 5) is 4.35. The van der Waals surface area contributed by atoms with Gasteiger partial charge in [-0.2, -0.15) is 4.98 Å². The van der Waals surface area contributed by atoms with E-state index in [2.05, 4.69) is 17.1 Å². The maximum absolute atomic E-state index is 6.20. The van der Waals surface area contributed by atoms with Crippen LogP contribution in [0.3, 0.4) is 0 Å². The average molecular weight is 209 g/mol. The Labute approximate surface area is 90.2 Å². The van der Waals surface area contributed by atoms with E-state index in [4.69, 9.17) is 10.3 Å². The van der Waals surface area contributed by atoms with E-state index < -0.39 is 5.54 Å². The molecule has 2 rings (SSSR count). The van der Waals surface area contributed by atoms with Crippen LogP contribution in [0.25, 0.3) is 0 Å². The fraction of sp³-hybridized carbons (Fsp3) is 0.818. The van der Waals surface area contributed by atoms with Gasteiger partial charge in [-0.3, -0.25) is 0 Å². The molecule has 1 saturated carbocycles. The van der Waals surface area contributed by atoms with Crippen molar-refractivity contribution in [2.75, 3.05) is 0 Å². The molecule has 0 bridgehead atoms. The van der Waals surface area contributed by atoms with Crippen molar-refractivity contribution in [3.63, 3.8) is 0 Å². The largest absolute Gasteiger partial charge is 0.339 e. The molecular formula is C11H19N3O. The SMILES string of the molecule is CCCc1nc(C(C)(N)CC2CC2)no1. The van der Waals surface area contributed by atoms with Gasteiger partial charge in [-0.05, 0) is 25.7 Å². The highest BCUT2D eigenvalue weighted by atomic mass is 16.5. The molecule has 0 saturated heterocycles. The molecule has 4 heteroatoms. The summed E-state index contributed by atoms with van der Waals surface area (Å²) in [5.41, 5.74) is 5.78. The molecule has 1 fully saturated rings. The lowest BCUT2D eigenvalue weighted by Gasteiger charge is -2.19. The standard InChI is InChI=1S/C11H19N3O/c1-3-4-9-13-10(14-15-9)11(2,12)7-8-5-6-8/h8H,3-7,12H2,1-2H3. The van der Waals surface area contributed by atoms with E-state index in [-0.39, 0.29) is 0 Å². The van der Waals surface area contributed by atoms with Crippen LogP contribution in [-0.4, -0.2) is 10.1 Å². The summed E-state index contributed by atoms with van der Waals surface area (Å²) in [6.07, 6.45) is 5.43. The van der Waals surface area contributed by atoms with E-state index in [1.807, 2.05) is 6.92 Å². The second kappa shape index (κ2) is 3.93. The molecule has 1 aliphatic rings. The van der Waals surface area contributed by atoms with Crippen LogP contribution in [0.2, 0.25) is 0 Å². The average Bonchev–Trinajstić information content (AvgIpc) is 2.82. The number of hydrogen-bond donors (Lipinski definition) is 1. The third kappa shape index (κ3) is 2.56. The molecule has 1 aliphatic carbocycles. The molecule has 0 aliphatic heterocycles. The number of rotatable bonds is 5. The highest BCUT2D eigenvalue weighted by Gasteiger charge is 2.34. The molecule has 0 amide bonds. The van der Waals surface area contributed by atoms with Crippen LogP contribution in [0.1, 0.15) is 51.2 Å². The number of nitrogens with zero attached hydrogens (tertiary/aromatic N) is 2. The Morgan fingerprint density at radius 2 is 2.27 bits per heavy atom. The van der Waals surface area contributed by atoms with Crippen molar-refractivity contribution in [2.45, 2.75) is 51.5 Å². The predicted molar refractivity (Wildman–Crippen MR) is 57.2 cm³/mol. The highest BCUT2D eigenvalue weighted by molar-refractivity contribution is 5.03. The van der Waals surface area contributed by atoms with Crippen molar-refractivity contribution in [2.24, 2.45) is 11.7 Å². The zero-order chi connectivity index (χ0) is 10.9. The quantitative estimate of drug-likeness (QED) is 0.805. The summed E-state index contributed by atoms with van der Waals surface area (Å²) in [5.74, 6) is 2.14. The molecule has 0 radical (unpaired) electrons.